The van der Waals surface area contributed by atoms with Gasteiger partial charge in [-0.25, -0.2) is 0 Å². The van der Waals surface area contributed by atoms with Crippen molar-refractivity contribution in [2.45, 2.75) is 19.5 Å². The summed E-state index contributed by atoms with van der Waals surface area (Å²) >= 11 is 3.41. The molecule has 0 unspecified atom stereocenters. The second-order valence-corrected chi connectivity index (χ2v) is 5.35. The Bertz CT molecular complexity index is 555. The second-order valence-electron chi connectivity index (χ2n) is 4.44. The molecule has 0 bridgehead atoms. The van der Waals surface area contributed by atoms with Gasteiger partial charge in [-0.15, -0.1) is 0 Å². The molecule has 2 aromatic rings. The van der Waals surface area contributed by atoms with Crippen molar-refractivity contribution in [1.82, 2.24) is 5.32 Å². The SMILES string of the molecule is C[C@H](NCc1cccc(O)c1O)c1ccc(Br)cc1. The summed E-state index contributed by atoms with van der Waals surface area (Å²) in [6, 6.07) is 13.2. The van der Waals surface area contributed by atoms with Crippen LogP contribution in [0.1, 0.15) is 24.1 Å². The minimum atomic E-state index is -0.0874. The van der Waals surface area contributed by atoms with Crippen LogP contribution in [0.2, 0.25) is 0 Å². The average Bonchev–Trinajstić information content (AvgIpc) is 2.41. The second kappa shape index (κ2) is 6.08. The van der Waals surface area contributed by atoms with E-state index in [-0.39, 0.29) is 17.5 Å². The van der Waals surface area contributed by atoms with Gasteiger partial charge in [-0.3, -0.25) is 0 Å². The Hall–Kier alpha value is -1.52. The third kappa shape index (κ3) is 3.49. The van der Waals surface area contributed by atoms with Gasteiger partial charge in [-0.05, 0) is 30.7 Å². The number of phenolic OH excluding ortho intramolecular Hbond substituents is 2. The number of hydrogen-bond donors (Lipinski definition) is 3. The van der Waals surface area contributed by atoms with Crippen molar-refractivity contribution in [3.63, 3.8) is 0 Å². The predicted octanol–water partition coefficient (Wildman–Crippen LogP) is 3.71. The number of phenols is 2. The van der Waals surface area contributed by atoms with E-state index < -0.39 is 0 Å². The third-order valence-electron chi connectivity index (χ3n) is 3.07. The standard InChI is InChI=1S/C15H16BrNO2/c1-10(11-5-7-13(16)8-6-11)17-9-12-3-2-4-14(18)15(12)19/h2-8,10,17-19H,9H2,1H3/t10-/m0/s1. The van der Waals surface area contributed by atoms with Crippen molar-refractivity contribution in [3.8, 4) is 11.5 Å². The van der Waals surface area contributed by atoms with E-state index in [1.54, 1.807) is 12.1 Å². The molecule has 19 heavy (non-hydrogen) atoms. The van der Waals surface area contributed by atoms with E-state index in [9.17, 15) is 10.2 Å². The summed E-state index contributed by atoms with van der Waals surface area (Å²) in [6.45, 7) is 2.56. The average molecular weight is 322 g/mol. The van der Waals surface area contributed by atoms with Gasteiger partial charge in [0.1, 0.15) is 0 Å². The van der Waals surface area contributed by atoms with E-state index in [1.165, 1.54) is 11.6 Å². The highest BCUT2D eigenvalue weighted by molar-refractivity contribution is 9.10. The summed E-state index contributed by atoms with van der Waals surface area (Å²) in [5.41, 5.74) is 1.85. The summed E-state index contributed by atoms with van der Waals surface area (Å²) in [5.74, 6) is -0.145. The molecule has 3 nitrogen and oxygen atoms in total. The van der Waals surface area contributed by atoms with Gasteiger partial charge in [0, 0.05) is 22.6 Å². The zero-order valence-electron chi connectivity index (χ0n) is 10.6. The number of aromatic hydroxyl groups is 2. The van der Waals surface area contributed by atoms with Crippen LogP contribution in [-0.4, -0.2) is 10.2 Å². The molecular formula is C15H16BrNO2. The zero-order chi connectivity index (χ0) is 13.8. The van der Waals surface area contributed by atoms with Crippen molar-refractivity contribution in [1.29, 1.82) is 0 Å². The predicted molar refractivity (Wildman–Crippen MR) is 79.2 cm³/mol. The summed E-state index contributed by atoms with van der Waals surface area (Å²) in [7, 11) is 0. The normalized spacial score (nSPS) is 12.3. The van der Waals surface area contributed by atoms with Crippen molar-refractivity contribution < 1.29 is 10.2 Å². The number of hydrogen-bond acceptors (Lipinski definition) is 3. The summed E-state index contributed by atoms with van der Waals surface area (Å²) in [6.07, 6.45) is 0. The lowest BCUT2D eigenvalue weighted by Crippen LogP contribution is -2.18. The topological polar surface area (TPSA) is 52.5 Å². The van der Waals surface area contributed by atoms with Crippen molar-refractivity contribution in [2.75, 3.05) is 0 Å². The Morgan fingerprint density at radius 3 is 2.47 bits per heavy atom. The number of benzene rings is 2. The quantitative estimate of drug-likeness (QED) is 0.752. The van der Waals surface area contributed by atoms with Crippen LogP contribution in [0.4, 0.5) is 0 Å². The van der Waals surface area contributed by atoms with E-state index in [0.29, 0.717) is 12.1 Å². The van der Waals surface area contributed by atoms with E-state index in [1.807, 2.05) is 24.3 Å². The lowest BCUT2D eigenvalue weighted by atomic mass is 10.1. The zero-order valence-corrected chi connectivity index (χ0v) is 12.2. The molecule has 100 valence electrons. The van der Waals surface area contributed by atoms with Crippen molar-refractivity contribution >= 4 is 15.9 Å². The molecule has 0 fully saturated rings. The maximum absolute atomic E-state index is 9.72. The first-order valence-corrected chi connectivity index (χ1v) is 6.86. The van der Waals surface area contributed by atoms with Gasteiger partial charge < -0.3 is 15.5 Å². The van der Waals surface area contributed by atoms with Gasteiger partial charge in [0.05, 0.1) is 0 Å². The molecule has 0 saturated heterocycles. The fourth-order valence-corrected chi connectivity index (χ4v) is 2.12. The van der Waals surface area contributed by atoms with Crippen LogP contribution in [0, 0.1) is 0 Å². The molecule has 0 aliphatic carbocycles. The number of rotatable bonds is 4. The number of halogens is 1. The lowest BCUT2D eigenvalue weighted by molar-refractivity contribution is 0.396. The van der Waals surface area contributed by atoms with Crippen LogP contribution in [-0.2, 0) is 6.54 Å². The van der Waals surface area contributed by atoms with Crippen molar-refractivity contribution in [2.24, 2.45) is 0 Å². The Balaban J connectivity index is 2.02. The molecule has 3 N–H and O–H groups in total. The minimum absolute atomic E-state index is 0.0574. The van der Waals surface area contributed by atoms with Crippen LogP contribution < -0.4 is 5.32 Å². The molecular weight excluding hydrogens is 306 g/mol. The molecule has 0 aliphatic rings. The van der Waals surface area contributed by atoms with Gasteiger partial charge in [0.25, 0.3) is 0 Å². The fourth-order valence-electron chi connectivity index (χ4n) is 1.85. The molecule has 2 rings (SSSR count). The molecule has 0 aromatic heterocycles. The van der Waals surface area contributed by atoms with Crippen LogP contribution in [0.15, 0.2) is 46.9 Å². The highest BCUT2D eigenvalue weighted by Gasteiger charge is 2.08. The lowest BCUT2D eigenvalue weighted by Gasteiger charge is -2.15. The first kappa shape index (κ1) is 13.9. The van der Waals surface area contributed by atoms with Gasteiger partial charge >= 0.3 is 0 Å². The van der Waals surface area contributed by atoms with Gasteiger partial charge in [0.2, 0.25) is 0 Å². The molecule has 0 aliphatic heterocycles. The maximum atomic E-state index is 9.72. The molecule has 2 aromatic carbocycles. The van der Waals surface area contributed by atoms with Crippen molar-refractivity contribution in [3.05, 3.63) is 58.1 Å². The first-order chi connectivity index (χ1) is 9.08. The fraction of sp³-hybridized carbons (Fsp3) is 0.200. The summed E-state index contributed by atoms with van der Waals surface area (Å²) in [4.78, 5) is 0. The monoisotopic (exact) mass is 321 g/mol. The Labute approximate surface area is 121 Å². The van der Waals surface area contributed by atoms with E-state index in [4.69, 9.17) is 0 Å². The largest absolute Gasteiger partial charge is 0.504 e. The van der Waals surface area contributed by atoms with Gasteiger partial charge in [-0.2, -0.15) is 0 Å². The van der Waals surface area contributed by atoms with Gasteiger partial charge in [0.15, 0.2) is 11.5 Å². The third-order valence-corrected chi connectivity index (χ3v) is 3.60. The minimum Gasteiger partial charge on any atom is -0.504 e. The van der Waals surface area contributed by atoms with Crippen LogP contribution in [0.3, 0.4) is 0 Å². The highest BCUT2D eigenvalue weighted by atomic mass is 79.9. The smallest absolute Gasteiger partial charge is 0.161 e. The van der Waals surface area contributed by atoms with Crippen LogP contribution >= 0.6 is 15.9 Å². The van der Waals surface area contributed by atoms with Crippen LogP contribution in [0.5, 0.6) is 11.5 Å². The molecule has 1 atom stereocenters. The molecule has 0 amide bonds. The summed E-state index contributed by atoms with van der Waals surface area (Å²) in [5, 5.41) is 22.5. The molecule has 0 spiro atoms. The molecule has 4 heteroatoms. The van der Waals surface area contributed by atoms with Gasteiger partial charge in [-0.1, -0.05) is 40.2 Å². The molecule has 0 heterocycles. The Kier molecular flexibility index (Phi) is 4.45. The van der Waals surface area contributed by atoms with E-state index in [2.05, 4.69) is 28.2 Å². The number of para-hydroxylation sites is 1. The number of nitrogens with one attached hydrogen (secondary N) is 1. The first-order valence-electron chi connectivity index (χ1n) is 6.06. The Morgan fingerprint density at radius 2 is 1.79 bits per heavy atom. The summed E-state index contributed by atoms with van der Waals surface area (Å²) < 4.78 is 1.05. The maximum Gasteiger partial charge on any atom is 0.161 e. The Morgan fingerprint density at radius 1 is 1.11 bits per heavy atom. The van der Waals surface area contributed by atoms with Crippen LogP contribution in [0.25, 0.3) is 0 Å². The van der Waals surface area contributed by atoms with E-state index in [0.717, 1.165) is 4.47 Å². The molecule has 0 saturated carbocycles. The molecule has 0 radical (unpaired) electrons. The van der Waals surface area contributed by atoms with E-state index >= 15 is 0 Å². The highest BCUT2D eigenvalue weighted by Crippen LogP contribution is 2.28.